The number of aromatic amines is 1. The Balaban J connectivity index is 2.38. The van der Waals surface area contributed by atoms with Crippen LogP contribution in [-0.2, 0) is 14.3 Å². The summed E-state index contributed by atoms with van der Waals surface area (Å²) in [5, 5.41) is 5.11. The molecular weight excluding hydrogens is 322 g/mol. The number of benzene rings is 1. The van der Waals surface area contributed by atoms with Crippen LogP contribution in [0.5, 0.6) is 0 Å². The van der Waals surface area contributed by atoms with Crippen LogP contribution in [0.2, 0.25) is 5.02 Å². The van der Waals surface area contributed by atoms with Crippen LogP contribution in [0.3, 0.4) is 0 Å². The Hall–Kier alpha value is -2.38. The van der Waals surface area contributed by atoms with Crippen LogP contribution in [0.25, 0.3) is 10.9 Å². The van der Waals surface area contributed by atoms with Crippen molar-refractivity contribution in [1.29, 1.82) is 0 Å². The lowest BCUT2D eigenvalue weighted by atomic mass is 10.1. The predicted molar refractivity (Wildman–Crippen MR) is 86.9 cm³/mol. The summed E-state index contributed by atoms with van der Waals surface area (Å²) in [7, 11) is 1.41. The number of H-pyrrole nitrogens is 1. The predicted octanol–water partition coefficient (Wildman–Crippen LogP) is 2.09. The molecular formula is C15H16ClN3O4. The third-order valence-electron chi connectivity index (χ3n) is 2.94. The normalized spacial score (nSPS) is 11.1. The van der Waals surface area contributed by atoms with Gasteiger partial charge in [-0.2, -0.15) is 5.10 Å². The molecule has 2 aromatic rings. The number of nitrogens with zero attached hydrogens (tertiary/aromatic N) is 1. The Labute approximate surface area is 137 Å². The highest BCUT2D eigenvalue weighted by atomic mass is 35.5. The van der Waals surface area contributed by atoms with Gasteiger partial charge in [0.05, 0.1) is 12.8 Å². The van der Waals surface area contributed by atoms with Crippen LogP contribution in [0.4, 0.5) is 0 Å². The van der Waals surface area contributed by atoms with Gasteiger partial charge in [-0.25, -0.2) is 10.2 Å². The van der Waals surface area contributed by atoms with Crippen molar-refractivity contribution in [1.82, 2.24) is 10.4 Å². The van der Waals surface area contributed by atoms with Gasteiger partial charge in [-0.3, -0.25) is 4.79 Å². The molecule has 1 heterocycles. The minimum atomic E-state index is -0.510. The van der Waals surface area contributed by atoms with E-state index in [2.05, 4.69) is 20.2 Å². The van der Waals surface area contributed by atoms with Gasteiger partial charge in [0.25, 0.3) is 5.91 Å². The van der Waals surface area contributed by atoms with E-state index in [0.29, 0.717) is 16.1 Å². The van der Waals surface area contributed by atoms with E-state index in [1.165, 1.54) is 13.3 Å². The van der Waals surface area contributed by atoms with Crippen LogP contribution < -0.4 is 5.43 Å². The van der Waals surface area contributed by atoms with Crippen molar-refractivity contribution < 1.29 is 19.1 Å². The number of aromatic nitrogens is 1. The molecule has 0 saturated carbocycles. The van der Waals surface area contributed by atoms with E-state index in [4.69, 9.17) is 16.3 Å². The van der Waals surface area contributed by atoms with Gasteiger partial charge in [0, 0.05) is 28.6 Å². The van der Waals surface area contributed by atoms with E-state index in [1.54, 1.807) is 25.1 Å². The number of hydrazone groups is 1. The summed E-state index contributed by atoms with van der Waals surface area (Å²) in [6.07, 6.45) is 1.38. The number of methoxy groups -OCH3 is 1. The molecule has 0 saturated heterocycles. The quantitative estimate of drug-likeness (QED) is 0.479. The number of nitrogens with one attached hydrogen (secondary N) is 2. The van der Waals surface area contributed by atoms with Gasteiger partial charge in [0.1, 0.15) is 12.3 Å². The number of amides is 1. The number of hydrogen-bond donors (Lipinski definition) is 2. The zero-order valence-corrected chi connectivity index (χ0v) is 13.4. The van der Waals surface area contributed by atoms with E-state index < -0.39 is 11.9 Å². The van der Waals surface area contributed by atoms with Crippen LogP contribution in [-0.4, -0.2) is 43.4 Å². The van der Waals surface area contributed by atoms with Crippen molar-refractivity contribution in [3.63, 3.8) is 0 Å². The molecule has 8 heteroatoms. The van der Waals surface area contributed by atoms with Crippen molar-refractivity contribution >= 4 is 40.6 Å². The maximum Gasteiger partial charge on any atom is 0.355 e. The molecule has 0 aliphatic heterocycles. The topological polar surface area (TPSA) is 92.8 Å². The second kappa shape index (κ2) is 7.75. The fraction of sp³-hybridized carbons (Fsp3) is 0.267. The fourth-order valence-corrected chi connectivity index (χ4v) is 2.19. The fourth-order valence-electron chi connectivity index (χ4n) is 2.02. The van der Waals surface area contributed by atoms with Crippen molar-refractivity contribution in [2.45, 2.75) is 6.92 Å². The molecule has 0 fully saturated rings. The zero-order valence-electron chi connectivity index (χ0n) is 12.7. The maximum atomic E-state index is 12.1. The van der Waals surface area contributed by atoms with E-state index in [0.717, 1.165) is 5.39 Å². The molecule has 1 amide bonds. The summed E-state index contributed by atoms with van der Waals surface area (Å²) in [5.74, 6) is -0.909. The monoisotopic (exact) mass is 337 g/mol. The average Bonchev–Trinajstić information content (AvgIpc) is 2.86. The molecule has 122 valence electrons. The SMILES string of the molecule is CCOC(=O)c1[nH]c2cc(Cl)ccc2c1/C=N/NC(=O)COC. The standard InChI is InChI=1S/C15H16ClN3O4/c1-3-23-15(21)14-11(7-17-19-13(20)8-22-2)10-5-4-9(16)6-12(10)18-14/h4-7,18H,3,8H2,1-2H3,(H,19,20)/b17-7+. The number of hydrogen-bond acceptors (Lipinski definition) is 5. The molecule has 23 heavy (non-hydrogen) atoms. The number of halogens is 1. The molecule has 7 nitrogen and oxygen atoms in total. The second-order valence-corrected chi connectivity index (χ2v) is 4.99. The highest BCUT2D eigenvalue weighted by Gasteiger charge is 2.18. The van der Waals surface area contributed by atoms with E-state index >= 15 is 0 Å². The first kappa shape index (κ1) is 17.0. The summed E-state index contributed by atoms with van der Waals surface area (Å²) < 4.78 is 9.71. The minimum Gasteiger partial charge on any atom is -0.461 e. The smallest absolute Gasteiger partial charge is 0.355 e. The summed E-state index contributed by atoms with van der Waals surface area (Å²) in [6, 6.07) is 5.16. The Morgan fingerprint density at radius 3 is 2.91 bits per heavy atom. The molecule has 0 spiro atoms. The molecule has 2 N–H and O–H groups in total. The lowest BCUT2D eigenvalue weighted by molar-refractivity contribution is -0.124. The first-order chi connectivity index (χ1) is 11.1. The Morgan fingerprint density at radius 2 is 2.22 bits per heavy atom. The van der Waals surface area contributed by atoms with E-state index in [1.807, 2.05) is 0 Å². The number of ether oxygens (including phenoxy) is 2. The van der Waals surface area contributed by atoms with Crippen LogP contribution in [0.15, 0.2) is 23.3 Å². The largest absolute Gasteiger partial charge is 0.461 e. The molecule has 0 aliphatic rings. The van der Waals surface area contributed by atoms with Crippen LogP contribution >= 0.6 is 11.6 Å². The van der Waals surface area contributed by atoms with Crippen molar-refractivity contribution in [2.75, 3.05) is 20.3 Å². The summed E-state index contributed by atoms with van der Waals surface area (Å²) in [5.41, 5.74) is 3.73. The average molecular weight is 338 g/mol. The van der Waals surface area contributed by atoms with E-state index in [9.17, 15) is 9.59 Å². The molecule has 2 rings (SSSR count). The molecule has 0 aliphatic carbocycles. The molecule has 0 radical (unpaired) electrons. The van der Waals surface area contributed by atoms with Crippen LogP contribution in [0, 0.1) is 0 Å². The maximum absolute atomic E-state index is 12.1. The molecule has 0 unspecified atom stereocenters. The Bertz CT molecular complexity index is 755. The highest BCUT2D eigenvalue weighted by molar-refractivity contribution is 6.31. The third kappa shape index (κ3) is 4.08. The van der Waals surface area contributed by atoms with Gasteiger partial charge in [-0.05, 0) is 19.1 Å². The van der Waals surface area contributed by atoms with Gasteiger partial charge in [0.2, 0.25) is 0 Å². The van der Waals surface area contributed by atoms with Crippen molar-refractivity contribution in [3.05, 3.63) is 34.5 Å². The van der Waals surface area contributed by atoms with Crippen LogP contribution in [0.1, 0.15) is 23.0 Å². The number of carbonyl (C=O) groups excluding carboxylic acids is 2. The molecule has 0 bridgehead atoms. The van der Waals surface area contributed by atoms with Gasteiger partial charge in [-0.1, -0.05) is 17.7 Å². The summed E-state index contributed by atoms with van der Waals surface area (Å²) >= 11 is 5.96. The lowest BCUT2D eigenvalue weighted by Crippen LogP contribution is -2.22. The number of rotatable bonds is 6. The number of esters is 1. The Kier molecular flexibility index (Phi) is 5.72. The number of fused-ring (bicyclic) bond motifs is 1. The molecule has 0 atom stereocenters. The van der Waals surface area contributed by atoms with Gasteiger partial charge >= 0.3 is 5.97 Å². The van der Waals surface area contributed by atoms with Crippen molar-refractivity contribution in [2.24, 2.45) is 5.10 Å². The summed E-state index contributed by atoms with van der Waals surface area (Å²) in [4.78, 5) is 26.4. The lowest BCUT2D eigenvalue weighted by Gasteiger charge is -2.01. The van der Waals surface area contributed by atoms with Gasteiger partial charge < -0.3 is 14.5 Å². The van der Waals surface area contributed by atoms with Gasteiger partial charge in [-0.15, -0.1) is 0 Å². The van der Waals surface area contributed by atoms with E-state index in [-0.39, 0.29) is 18.9 Å². The third-order valence-corrected chi connectivity index (χ3v) is 3.17. The Morgan fingerprint density at radius 1 is 1.43 bits per heavy atom. The van der Waals surface area contributed by atoms with Gasteiger partial charge in [0.15, 0.2) is 0 Å². The molecule has 1 aromatic carbocycles. The zero-order chi connectivity index (χ0) is 16.8. The number of carbonyl (C=O) groups is 2. The summed E-state index contributed by atoms with van der Waals surface area (Å²) in [6.45, 7) is 1.86. The first-order valence-electron chi connectivity index (χ1n) is 6.86. The van der Waals surface area contributed by atoms with Crippen molar-refractivity contribution in [3.8, 4) is 0 Å². The molecule has 1 aromatic heterocycles. The first-order valence-corrected chi connectivity index (χ1v) is 7.23. The second-order valence-electron chi connectivity index (χ2n) is 4.55. The highest BCUT2D eigenvalue weighted by Crippen LogP contribution is 2.24. The minimum absolute atomic E-state index is 0.106.